The topological polar surface area (TPSA) is 80.5 Å². The number of nitrogens with zero attached hydrogens (tertiary/aromatic N) is 3. The standard InChI is InChI=1S/C20H26N4O3/c1-14-11-19(22-13-18(14)24(25)26)21-12-16-5-4-10-23(2)20(16)15-6-8-17(27-3)9-7-15/h6-9,11,13,16,20H,4-5,10,12H2,1-3H3,(H,21,22). The Morgan fingerprint density at radius 1 is 1.37 bits per heavy atom. The van der Waals surface area contributed by atoms with E-state index >= 15 is 0 Å². The highest BCUT2D eigenvalue weighted by atomic mass is 16.6. The summed E-state index contributed by atoms with van der Waals surface area (Å²) in [6.45, 7) is 3.58. The Bertz CT molecular complexity index is 794. The predicted octanol–water partition coefficient (Wildman–Crippen LogP) is 3.80. The van der Waals surface area contributed by atoms with Gasteiger partial charge in [-0.15, -0.1) is 0 Å². The van der Waals surface area contributed by atoms with Crippen LogP contribution in [0.3, 0.4) is 0 Å². The van der Waals surface area contributed by atoms with E-state index in [0.29, 0.717) is 23.3 Å². The van der Waals surface area contributed by atoms with Crippen molar-refractivity contribution in [2.75, 3.05) is 32.6 Å². The lowest BCUT2D eigenvalue weighted by Gasteiger charge is -2.39. The first kappa shape index (κ1) is 19.1. The number of ether oxygens (including phenoxy) is 1. The van der Waals surface area contributed by atoms with Crippen molar-refractivity contribution in [3.8, 4) is 5.75 Å². The van der Waals surface area contributed by atoms with E-state index in [0.717, 1.165) is 31.7 Å². The van der Waals surface area contributed by atoms with Crippen LogP contribution in [-0.2, 0) is 0 Å². The second-order valence-corrected chi connectivity index (χ2v) is 7.09. The van der Waals surface area contributed by atoms with E-state index < -0.39 is 4.92 Å². The summed E-state index contributed by atoms with van der Waals surface area (Å²) in [5.41, 5.74) is 1.94. The number of aromatic nitrogens is 1. The summed E-state index contributed by atoms with van der Waals surface area (Å²) in [6.07, 6.45) is 3.60. The summed E-state index contributed by atoms with van der Waals surface area (Å²) in [7, 11) is 3.84. The van der Waals surface area contributed by atoms with Gasteiger partial charge in [0.25, 0.3) is 5.69 Å². The molecule has 0 amide bonds. The number of anilines is 1. The van der Waals surface area contributed by atoms with Crippen LogP contribution in [0.2, 0.25) is 0 Å². The summed E-state index contributed by atoms with van der Waals surface area (Å²) in [4.78, 5) is 17.1. The zero-order valence-corrected chi connectivity index (χ0v) is 16.0. The molecule has 0 saturated carbocycles. The van der Waals surface area contributed by atoms with Crippen molar-refractivity contribution >= 4 is 11.5 Å². The first-order chi connectivity index (χ1) is 13.0. The van der Waals surface area contributed by atoms with Crippen LogP contribution in [0.25, 0.3) is 0 Å². The quantitative estimate of drug-likeness (QED) is 0.615. The number of nitrogens with one attached hydrogen (secondary N) is 1. The van der Waals surface area contributed by atoms with E-state index in [1.54, 1.807) is 20.1 Å². The maximum atomic E-state index is 11.0. The summed E-state index contributed by atoms with van der Waals surface area (Å²) >= 11 is 0. The third kappa shape index (κ3) is 4.36. The molecule has 0 bridgehead atoms. The van der Waals surface area contributed by atoms with Gasteiger partial charge in [-0.3, -0.25) is 15.0 Å². The van der Waals surface area contributed by atoms with Crippen molar-refractivity contribution in [1.29, 1.82) is 0 Å². The van der Waals surface area contributed by atoms with Crippen molar-refractivity contribution in [3.63, 3.8) is 0 Å². The number of aryl methyl sites for hydroxylation is 1. The van der Waals surface area contributed by atoms with Crippen LogP contribution in [0.5, 0.6) is 5.75 Å². The van der Waals surface area contributed by atoms with E-state index in [2.05, 4.69) is 34.4 Å². The molecule has 0 spiro atoms. The second kappa shape index (κ2) is 8.35. The largest absolute Gasteiger partial charge is 0.497 e. The molecule has 27 heavy (non-hydrogen) atoms. The maximum absolute atomic E-state index is 11.0. The zero-order chi connectivity index (χ0) is 19.4. The van der Waals surface area contributed by atoms with Gasteiger partial charge in [-0.1, -0.05) is 12.1 Å². The number of nitro groups is 1. The van der Waals surface area contributed by atoms with Crippen molar-refractivity contribution in [2.24, 2.45) is 5.92 Å². The number of rotatable bonds is 6. The van der Waals surface area contributed by atoms with Crippen molar-refractivity contribution < 1.29 is 9.66 Å². The normalized spacial score (nSPS) is 20.3. The number of benzene rings is 1. The molecule has 1 aliphatic rings. The minimum Gasteiger partial charge on any atom is -0.497 e. The Kier molecular flexibility index (Phi) is 5.91. The number of hydrogen-bond donors (Lipinski definition) is 1. The van der Waals surface area contributed by atoms with Crippen LogP contribution < -0.4 is 10.1 Å². The highest BCUT2D eigenvalue weighted by molar-refractivity contribution is 5.47. The molecule has 144 valence electrons. The van der Waals surface area contributed by atoms with Gasteiger partial charge in [0.1, 0.15) is 17.8 Å². The van der Waals surface area contributed by atoms with Gasteiger partial charge in [-0.05, 0) is 63.0 Å². The average molecular weight is 370 g/mol. The second-order valence-electron chi connectivity index (χ2n) is 7.09. The molecule has 0 radical (unpaired) electrons. The van der Waals surface area contributed by atoms with Gasteiger partial charge in [0.2, 0.25) is 0 Å². The van der Waals surface area contributed by atoms with Gasteiger partial charge in [0.15, 0.2) is 0 Å². The lowest BCUT2D eigenvalue weighted by atomic mass is 9.85. The van der Waals surface area contributed by atoms with Crippen LogP contribution in [0.4, 0.5) is 11.5 Å². The smallest absolute Gasteiger partial charge is 0.290 e. The Labute approximate surface area is 159 Å². The summed E-state index contributed by atoms with van der Waals surface area (Å²) in [5, 5.41) is 14.3. The van der Waals surface area contributed by atoms with Gasteiger partial charge in [-0.25, -0.2) is 4.98 Å². The minimum atomic E-state index is -0.401. The number of methoxy groups -OCH3 is 1. The molecule has 2 unspecified atom stereocenters. The molecule has 1 N–H and O–H groups in total. The molecule has 1 aliphatic heterocycles. The maximum Gasteiger partial charge on any atom is 0.290 e. The highest BCUT2D eigenvalue weighted by Crippen LogP contribution is 2.35. The zero-order valence-electron chi connectivity index (χ0n) is 16.0. The Morgan fingerprint density at radius 3 is 2.74 bits per heavy atom. The molecular weight excluding hydrogens is 344 g/mol. The van der Waals surface area contributed by atoms with Crippen LogP contribution in [0.1, 0.15) is 30.0 Å². The van der Waals surface area contributed by atoms with Crippen molar-refractivity contribution in [2.45, 2.75) is 25.8 Å². The van der Waals surface area contributed by atoms with E-state index in [1.165, 1.54) is 11.8 Å². The number of piperidine rings is 1. The molecule has 1 fully saturated rings. The first-order valence-electron chi connectivity index (χ1n) is 9.18. The summed E-state index contributed by atoms with van der Waals surface area (Å²) in [6, 6.07) is 10.3. The molecule has 1 aromatic heterocycles. The third-order valence-corrected chi connectivity index (χ3v) is 5.29. The molecule has 0 aliphatic carbocycles. The molecule has 3 rings (SSSR count). The summed E-state index contributed by atoms with van der Waals surface area (Å²) < 4.78 is 5.27. The van der Waals surface area contributed by atoms with Gasteiger partial charge in [0.05, 0.1) is 12.0 Å². The fraction of sp³-hybridized carbons (Fsp3) is 0.450. The van der Waals surface area contributed by atoms with Crippen LogP contribution in [-0.4, -0.2) is 42.1 Å². The molecule has 2 aromatic rings. The Hall–Kier alpha value is -2.67. The molecule has 2 atom stereocenters. The lowest BCUT2D eigenvalue weighted by Crippen LogP contribution is -2.39. The van der Waals surface area contributed by atoms with Crippen LogP contribution in [0.15, 0.2) is 36.5 Å². The fourth-order valence-corrected chi connectivity index (χ4v) is 3.87. The molecule has 1 aromatic carbocycles. The van der Waals surface area contributed by atoms with E-state index in [1.807, 2.05) is 12.1 Å². The van der Waals surface area contributed by atoms with Gasteiger partial charge < -0.3 is 10.1 Å². The van der Waals surface area contributed by atoms with E-state index in [-0.39, 0.29) is 5.69 Å². The molecule has 7 nitrogen and oxygen atoms in total. The number of pyridine rings is 1. The lowest BCUT2D eigenvalue weighted by molar-refractivity contribution is -0.385. The van der Waals surface area contributed by atoms with Crippen molar-refractivity contribution in [3.05, 3.63) is 57.8 Å². The average Bonchev–Trinajstić information content (AvgIpc) is 2.66. The van der Waals surface area contributed by atoms with Crippen LogP contribution in [0, 0.1) is 23.0 Å². The Balaban J connectivity index is 1.73. The van der Waals surface area contributed by atoms with E-state index in [4.69, 9.17) is 4.74 Å². The van der Waals surface area contributed by atoms with Gasteiger partial charge in [-0.2, -0.15) is 0 Å². The van der Waals surface area contributed by atoms with Crippen molar-refractivity contribution in [1.82, 2.24) is 9.88 Å². The predicted molar refractivity (Wildman–Crippen MR) is 105 cm³/mol. The minimum absolute atomic E-state index is 0.0501. The van der Waals surface area contributed by atoms with Gasteiger partial charge in [0, 0.05) is 18.2 Å². The monoisotopic (exact) mass is 370 g/mol. The summed E-state index contributed by atoms with van der Waals surface area (Å²) in [5.74, 6) is 1.96. The molecular formula is C20H26N4O3. The highest BCUT2D eigenvalue weighted by Gasteiger charge is 2.30. The first-order valence-corrected chi connectivity index (χ1v) is 9.18. The molecule has 2 heterocycles. The Morgan fingerprint density at radius 2 is 2.11 bits per heavy atom. The fourth-order valence-electron chi connectivity index (χ4n) is 3.87. The molecule has 7 heteroatoms. The number of hydrogen-bond acceptors (Lipinski definition) is 6. The van der Waals surface area contributed by atoms with Gasteiger partial charge >= 0.3 is 0 Å². The SMILES string of the molecule is COc1ccc(C2C(CNc3cc(C)c([N+](=O)[O-])cn3)CCCN2C)cc1. The number of likely N-dealkylation sites (tertiary alicyclic amines) is 1. The molecule has 1 saturated heterocycles. The van der Waals surface area contributed by atoms with Crippen LogP contribution >= 0.6 is 0 Å². The third-order valence-electron chi connectivity index (χ3n) is 5.29. The van der Waals surface area contributed by atoms with E-state index in [9.17, 15) is 10.1 Å².